The minimum Gasteiger partial charge on any atom is -0.478 e. The monoisotopic (exact) mass is 327 g/mol. The summed E-state index contributed by atoms with van der Waals surface area (Å²) < 4.78 is 13.6. The molecule has 0 heterocycles. The van der Waals surface area contributed by atoms with Gasteiger partial charge in [0.15, 0.2) is 0 Å². The van der Waals surface area contributed by atoms with Crippen LogP contribution in [0.5, 0.6) is 0 Å². The Bertz CT molecular complexity index is 734. The highest BCUT2D eigenvalue weighted by atomic mass is 35.5. The summed E-state index contributed by atoms with van der Waals surface area (Å²) >= 11 is 11.6. The number of carboxylic acid groups (broad SMARTS) is 1. The summed E-state index contributed by atoms with van der Waals surface area (Å²) in [5.41, 5.74) is -0.343. The molecule has 0 atom stereocenters. The second-order valence-corrected chi connectivity index (χ2v) is 4.92. The van der Waals surface area contributed by atoms with Crippen LogP contribution in [0.3, 0.4) is 0 Å². The summed E-state index contributed by atoms with van der Waals surface area (Å²) in [7, 11) is 0. The predicted octanol–water partition coefficient (Wildman–Crippen LogP) is 4.08. The molecule has 2 aromatic carbocycles. The van der Waals surface area contributed by atoms with Gasteiger partial charge in [0, 0.05) is 5.02 Å². The summed E-state index contributed by atoms with van der Waals surface area (Å²) in [6.07, 6.45) is 0. The Morgan fingerprint density at radius 2 is 1.81 bits per heavy atom. The molecule has 0 aromatic heterocycles. The van der Waals surface area contributed by atoms with Crippen molar-refractivity contribution >= 4 is 40.8 Å². The molecule has 0 aliphatic heterocycles. The molecule has 0 unspecified atom stereocenters. The summed E-state index contributed by atoms with van der Waals surface area (Å²) in [5, 5.41) is 11.6. The van der Waals surface area contributed by atoms with E-state index in [1.54, 1.807) is 0 Å². The largest absolute Gasteiger partial charge is 0.478 e. The minimum absolute atomic E-state index is 0.0595. The van der Waals surface area contributed by atoms with Crippen LogP contribution in [-0.2, 0) is 0 Å². The third-order valence-electron chi connectivity index (χ3n) is 2.63. The molecule has 4 nitrogen and oxygen atoms in total. The first-order valence-electron chi connectivity index (χ1n) is 5.67. The van der Waals surface area contributed by atoms with Crippen molar-refractivity contribution in [1.82, 2.24) is 0 Å². The molecule has 0 aliphatic carbocycles. The van der Waals surface area contributed by atoms with Crippen molar-refractivity contribution in [3.8, 4) is 0 Å². The lowest BCUT2D eigenvalue weighted by Gasteiger charge is -2.09. The molecule has 2 rings (SSSR count). The zero-order chi connectivity index (χ0) is 15.6. The second-order valence-electron chi connectivity index (χ2n) is 4.08. The van der Waals surface area contributed by atoms with Gasteiger partial charge in [0.05, 0.1) is 21.8 Å². The number of anilines is 1. The number of halogens is 3. The highest BCUT2D eigenvalue weighted by Crippen LogP contribution is 2.23. The molecule has 1 amide bonds. The van der Waals surface area contributed by atoms with Gasteiger partial charge in [0.2, 0.25) is 0 Å². The first-order chi connectivity index (χ1) is 9.88. The Morgan fingerprint density at radius 3 is 2.48 bits per heavy atom. The maximum Gasteiger partial charge on any atom is 0.335 e. The van der Waals surface area contributed by atoms with Gasteiger partial charge in [-0.05, 0) is 36.4 Å². The summed E-state index contributed by atoms with van der Waals surface area (Å²) in [6, 6.07) is 7.35. The summed E-state index contributed by atoms with van der Waals surface area (Å²) in [5.74, 6) is -2.68. The van der Waals surface area contributed by atoms with E-state index in [0.29, 0.717) is 5.02 Å². The van der Waals surface area contributed by atoms with Crippen LogP contribution in [0.25, 0.3) is 0 Å². The Balaban J connectivity index is 2.33. The van der Waals surface area contributed by atoms with Crippen LogP contribution in [0, 0.1) is 5.82 Å². The number of rotatable bonds is 3. The predicted molar refractivity (Wildman–Crippen MR) is 77.8 cm³/mol. The number of carbonyl (C=O) groups is 2. The summed E-state index contributed by atoms with van der Waals surface area (Å²) in [4.78, 5) is 22.9. The Hall–Kier alpha value is -2.11. The van der Waals surface area contributed by atoms with E-state index < -0.39 is 17.7 Å². The number of nitrogens with one attached hydrogen (secondary N) is 1. The molecule has 2 N–H and O–H groups in total. The molecule has 108 valence electrons. The van der Waals surface area contributed by atoms with Crippen LogP contribution in [0.4, 0.5) is 10.1 Å². The fourth-order valence-corrected chi connectivity index (χ4v) is 1.99. The van der Waals surface area contributed by atoms with Gasteiger partial charge in [-0.1, -0.05) is 23.2 Å². The van der Waals surface area contributed by atoms with E-state index in [1.807, 2.05) is 0 Å². The van der Waals surface area contributed by atoms with Crippen LogP contribution in [0.2, 0.25) is 10.0 Å². The zero-order valence-electron chi connectivity index (χ0n) is 10.4. The van der Waals surface area contributed by atoms with Crippen LogP contribution in [0.1, 0.15) is 20.7 Å². The molecule has 2 aromatic rings. The zero-order valence-corrected chi connectivity index (χ0v) is 11.9. The lowest BCUT2D eigenvalue weighted by atomic mass is 10.1. The number of aromatic carboxylic acids is 1. The molecule has 0 saturated heterocycles. The Kier molecular flexibility index (Phi) is 4.45. The third-order valence-corrected chi connectivity index (χ3v) is 3.20. The SMILES string of the molecule is O=C(O)c1ccc(F)c(NC(=O)c2cc(Cl)ccc2Cl)c1. The van der Waals surface area contributed by atoms with Crippen molar-refractivity contribution < 1.29 is 19.1 Å². The Labute approximate surface area is 129 Å². The van der Waals surface area contributed by atoms with Gasteiger partial charge in [-0.15, -0.1) is 0 Å². The van der Waals surface area contributed by atoms with Crippen LogP contribution >= 0.6 is 23.2 Å². The average molecular weight is 328 g/mol. The van der Waals surface area contributed by atoms with E-state index in [1.165, 1.54) is 18.2 Å². The molecule has 0 aliphatic rings. The molecule has 0 spiro atoms. The molecule has 0 bridgehead atoms. The quantitative estimate of drug-likeness (QED) is 0.892. The number of hydrogen-bond acceptors (Lipinski definition) is 2. The van der Waals surface area contributed by atoms with Crippen molar-refractivity contribution in [1.29, 1.82) is 0 Å². The molecule has 7 heteroatoms. The fraction of sp³-hybridized carbons (Fsp3) is 0. The lowest BCUT2D eigenvalue weighted by molar-refractivity contribution is 0.0696. The van der Waals surface area contributed by atoms with E-state index in [-0.39, 0.29) is 21.8 Å². The van der Waals surface area contributed by atoms with Gasteiger partial charge < -0.3 is 10.4 Å². The first kappa shape index (κ1) is 15.3. The van der Waals surface area contributed by atoms with Crippen molar-refractivity contribution in [2.75, 3.05) is 5.32 Å². The molecule has 0 fully saturated rings. The van der Waals surface area contributed by atoms with Crippen LogP contribution in [0.15, 0.2) is 36.4 Å². The van der Waals surface area contributed by atoms with E-state index in [4.69, 9.17) is 28.3 Å². The summed E-state index contributed by atoms with van der Waals surface area (Å²) in [6.45, 7) is 0. The molecule has 0 saturated carbocycles. The fourth-order valence-electron chi connectivity index (χ4n) is 1.62. The number of amides is 1. The van der Waals surface area contributed by atoms with Crippen molar-refractivity contribution in [2.45, 2.75) is 0 Å². The van der Waals surface area contributed by atoms with Gasteiger partial charge >= 0.3 is 5.97 Å². The maximum atomic E-state index is 13.6. The molecule has 21 heavy (non-hydrogen) atoms. The van der Waals surface area contributed by atoms with Gasteiger partial charge in [-0.25, -0.2) is 9.18 Å². The van der Waals surface area contributed by atoms with E-state index in [9.17, 15) is 14.0 Å². The van der Waals surface area contributed by atoms with Gasteiger partial charge in [0.1, 0.15) is 5.82 Å². The maximum absolute atomic E-state index is 13.6. The number of carboxylic acids is 1. The van der Waals surface area contributed by atoms with Crippen LogP contribution in [-0.4, -0.2) is 17.0 Å². The van der Waals surface area contributed by atoms with Crippen LogP contribution < -0.4 is 5.32 Å². The molecule has 0 radical (unpaired) electrons. The molecular weight excluding hydrogens is 320 g/mol. The Morgan fingerprint density at radius 1 is 1.10 bits per heavy atom. The van der Waals surface area contributed by atoms with Crippen molar-refractivity contribution in [3.63, 3.8) is 0 Å². The highest BCUT2D eigenvalue weighted by Gasteiger charge is 2.15. The second kappa shape index (κ2) is 6.11. The molecular formula is C14H8Cl2FNO3. The van der Waals surface area contributed by atoms with Gasteiger partial charge in [-0.2, -0.15) is 0 Å². The topological polar surface area (TPSA) is 66.4 Å². The number of benzene rings is 2. The van der Waals surface area contributed by atoms with E-state index in [0.717, 1.165) is 18.2 Å². The van der Waals surface area contributed by atoms with Crippen molar-refractivity contribution in [3.05, 3.63) is 63.4 Å². The normalized spacial score (nSPS) is 10.2. The van der Waals surface area contributed by atoms with Crippen molar-refractivity contribution in [2.24, 2.45) is 0 Å². The smallest absolute Gasteiger partial charge is 0.335 e. The standard InChI is InChI=1S/C14H8Cl2FNO3/c15-8-2-3-10(16)9(6-8)13(19)18-12-5-7(14(20)21)1-4-11(12)17/h1-6H,(H,18,19)(H,20,21). The first-order valence-corrected chi connectivity index (χ1v) is 6.43. The highest BCUT2D eigenvalue weighted by molar-refractivity contribution is 6.36. The van der Waals surface area contributed by atoms with Gasteiger partial charge in [0.25, 0.3) is 5.91 Å². The van der Waals surface area contributed by atoms with Gasteiger partial charge in [-0.3, -0.25) is 4.79 Å². The third kappa shape index (κ3) is 3.51. The van der Waals surface area contributed by atoms with E-state index >= 15 is 0 Å². The minimum atomic E-state index is -1.23. The number of hydrogen-bond donors (Lipinski definition) is 2. The number of carbonyl (C=O) groups excluding carboxylic acids is 1. The lowest BCUT2D eigenvalue weighted by Crippen LogP contribution is -2.14. The van der Waals surface area contributed by atoms with E-state index in [2.05, 4.69) is 5.32 Å². The average Bonchev–Trinajstić information content (AvgIpc) is 2.43.